The van der Waals surface area contributed by atoms with E-state index in [9.17, 15) is 0 Å². The molecule has 7 rings (SSSR count). The van der Waals surface area contributed by atoms with Gasteiger partial charge in [-0.15, -0.1) is 0 Å². The molecule has 53 heavy (non-hydrogen) atoms. The van der Waals surface area contributed by atoms with Crippen LogP contribution in [-0.2, 0) is 5.41 Å². The summed E-state index contributed by atoms with van der Waals surface area (Å²) in [4.78, 5) is 0. The van der Waals surface area contributed by atoms with Crippen LogP contribution in [0.15, 0.2) is 146 Å². The number of hydrogen-bond acceptors (Lipinski definition) is 2. The second kappa shape index (κ2) is 17.4. The van der Waals surface area contributed by atoms with Gasteiger partial charge < -0.3 is 7.77 Å². The molecule has 0 saturated carbocycles. The highest BCUT2D eigenvalue weighted by Crippen LogP contribution is 2.56. The molecule has 0 aromatic heterocycles. The Kier molecular flexibility index (Phi) is 12.3. The largest absolute Gasteiger partial charge is 0.441 e. The van der Waals surface area contributed by atoms with Crippen molar-refractivity contribution in [2.24, 2.45) is 0 Å². The molecule has 0 unspecified atom stereocenters. The lowest BCUT2D eigenvalue weighted by molar-refractivity contribution is 0.401. The Morgan fingerprint density at radius 3 is 1.13 bits per heavy atom. The van der Waals surface area contributed by atoms with E-state index in [1.807, 2.05) is 0 Å². The summed E-state index contributed by atoms with van der Waals surface area (Å²) in [6, 6.07) is 54.8. The minimum absolute atomic E-state index is 0.0241. The molecule has 0 heterocycles. The van der Waals surface area contributed by atoms with Gasteiger partial charge in [-0.25, -0.2) is 0 Å². The zero-order valence-corrected chi connectivity index (χ0v) is 36.3. The second-order valence-electron chi connectivity index (χ2n) is 15.1. The van der Waals surface area contributed by atoms with E-state index >= 15 is 0 Å². The Hall–Kier alpha value is -4.02. The highest BCUT2D eigenvalue weighted by molar-refractivity contribution is 6.22. The fraction of sp³-hybridized carbons (Fsp3) is 0.265. The van der Waals surface area contributed by atoms with Crippen LogP contribution in [0.5, 0.6) is 0 Å². The molecule has 0 radical (unpaired) electrons. The highest BCUT2D eigenvalue weighted by atomic mass is 27.1. The number of unbranched alkanes of at least 4 members (excludes halogenated alkanes) is 6. The van der Waals surface area contributed by atoms with E-state index in [0.717, 1.165) is 33.0 Å². The fourth-order valence-electron chi connectivity index (χ4n) is 8.58. The molecule has 0 atom stereocenters. The van der Waals surface area contributed by atoms with E-state index in [-0.39, 0.29) is 5.41 Å². The molecule has 0 fully saturated rings. The van der Waals surface area contributed by atoms with Crippen LogP contribution in [0.2, 0.25) is 0 Å². The smallest absolute Gasteiger partial charge is 0.370 e. The standard InChI is InChI=1S/C49H50N2.2Al.4H/c1-3-5-7-15-33-49(34-16-8-6-4-2)47-35-39(37-21-27-43(28-22-37)50-41-17-11-9-12-18-41)25-31-45(47)46-32-26-40(36-48(46)49)38-23-29-44(30-24-38)51-42-19-13-10-14-20-42;;;;;;/h9-14,17-32,35-36H,3-8,15-16,33-34H2,1-2H3;;;;;;/q-2;2*+1;;;;. The quantitative estimate of drug-likeness (QED) is 0.0724. The molecule has 266 valence electrons. The Balaban J connectivity index is 1.26. The van der Waals surface area contributed by atoms with Crippen LogP contribution >= 0.6 is 0 Å². The monoisotopic (exact) mass is 724 g/mol. The summed E-state index contributed by atoms with van der Waals surface area (Å²) in [5.74, 6) is 0. The molecule has 6 aromatic carbocycles. The van der Waals surface area contributed by atoms with Gasteiger partial charge in [0.2, 0.25) is 0 Å². The second-order valence-corrected chi connectivity index (χ2v) is 16.9. The lowest BCUT2D eigenvalue weighted by atomic mass is 9.70. The van der Waals surface area contributed by atoms with Crippen molar-refractivity contribution in [1.29, 1.82) is 0 Å². The van der Waals surface area contributed by atoms with Gasteiger partial charge in [0.1, 0.15) is 0 Å². The van der Waals surface area contributed by atoms with Crippen LogP contribution in [0, 0.1) is 0 Å². The summed E-state index contributed by atoms with van der Waals surface area (Å²) in [5, 5.41) is 0. The van der Waals surface area contributed by atoms with Crippen LogP contribution in [0.25, 0.3) is 33.4 Å². The van der Waals surface area contributed by atoms with Crippen molar-refractivity contribution in [3.63, 3.8) is 0 Å². The Labute approximate surface area is 335 Å². The number of para-hydroxylation sites is 2. The van der Waals surface area contributed by atoms with Gasteiger partial charge in [-0.05, 0) is 118 Å². The van der Waals surface area contributed by atoms with Gasteiger partial charge in [-0.1, -0.05) is 150 Å². The molecule has 0 spiro atoms. The normalized spacial score (nSPS) is 12.6. The zero-order chi connectivity index (χ0) is 36.6. The third-order valence-corrected chi connectivity index (χ3v) is 13.8. The van der Waals surface area contributed by atoms with Gasteiger partial charge >= 0.3 is 33.0 Å². The molecular weight excluding hydrogens is 671 g/mol. The summed E-state index contributed by atoms with van der Waals surface area (Å²) in [7, 11) is 0. The number of fused-ring (bicyclic) bond motifs is 3. The maximum atomic E-state index is 2.58. The molecular formula is C49H54Al2N2. The number of rotatable bonds is 16. The van der Waals surface area contributed by atoms with Crippen LogP contribution < -0.4 is 7.77 Å². The first kappa shape index (κ1) is 37.3. The van der Waals surface area contributed by atoms with Crippen LogP contribution in [0.4, 0.5) is 22.7 Å². The van der Waals surface area contributed by atoms with E-state index in [1.54, 1.807) is 11.1 Å². The average molecular weight is 725 g/mol. The van der Waals surface area contributed by atoms with Crippen molar-refractivity contribution in [3.8, 4) is 33.4 Å². The number of anilines is 4. The highest BCUT2D eigenvalue weighted by Gasteiger charge is 2.42. The van der Waals surface area contributed by atoms with Crippen molar-refractivity contribution in [3.05, 3.63) is 157 Å². The van der Waals surface area contributed by atoms with Gasteiger partial charge in [0.05, 0.1) is 0 Å². The third-order valence-electron chi connectivity index (χ3n) is 11.7. The van der Waals surface area contributed by atoms with Gasteiger partial charge in [0.15, 0.2) is 0 Å². The molecule has 1 aliphatic rings. The summed E-state index contributed by atoms with van der Waals surface area (Å²) < 4.78 is 4.80. The van der Waals surface area contributed by atoms with Crippen LogP contribution in [0.3, 0.4) is 0 Å². The predicted molar refractivity (Wildman–Crippen MR) is 235 cm³/mol. The molecule has 0 amide bonds. The van der Waals surface area contributed by atoms with Gasteiger partial charge in [0, 0.05) is 28.2 Å². The summed E-state index contributed by atoms with van der Waals surface area (Å²) in [5.41, 5.74) is 16.3. The first-order chi connectivity index (χ1) is 26.0. The van der Waals surface area contributed by atoms with Crippen molar-refractivity contribution in [1.82, 2.24) is 0 Å². The molecule has 0 aliphatic heterocycles. The minimum atomic E-state index is 0.0241. The molecule has 4 heteroatoms. The van der Waals surface area contributed by atoms with Crippen LogP contribution in [0.1, 0.15) is 89.2 Å². The van der Waals surface area contributed by atoms with Crippen molar-refractivity contribution in [2.45, 2.75) is 83.5 Å². The maximum Gasteiger partial charge on any atom is 0.370 e. The fourth-order valence-corrected chi connectivity index (χ4v) is 9.77. The van der Waals surface area contributed by atoms with Gasteiger partial charge in [-0.3, -0.25) is 0 Å². The first-order valence-corrected chi connectivity index (χ1v) is 21.9. The lowest BCUT2D eigenvalue weighted by Gasteiger charge is -2.33. The van der Waals surface area contributed by atoms with E-state index in [1.165, 1.54) is 120 Å². The van der Waals surface area contributed by atoms with E-state index in [2.05, 4.69) is 167 Å². The summed E-state index contributed by atoms with van der Waals surface area (Å²) in [6.07, 6.45) is 12.7. The van der Waals surface area contributed by atoms with Crippen LogP contribution in [-0.4, -0.2) is 33.0 Å². The maximum absolute atomic E-state index is 2.58. The lowest BCUT2D eigenvalue weighted by Crippen LogP contribution is -2.25. The van der Waals surface area contributed by atoms with Crippen molar-refractivity contribution < 1.29 is 0 Å². The number of nitrogens with zero attached hydrogens (tertiary/aromatic N) is 2. The average Bonchev–Trinajstić information content (AvgIpc) is 3.49. The zero-order valence-electron chi connectivity index (χ0n) is 32.3. The van der Waals surface area contributed by atoms with E-state index < -0.39 is 0 Å². The topological polar surface area (TPSA) is 6.48 Å². The Bertz CT molecular complexity index is 1920. The summed E-state index contributed by atoms with van der Waals surface area (Å²) in [6.45, 7) is 4.66. The molecule has 6 aromatic rings. The Morgan fingerprint density at radius 2 is 0.755 bits per heavy atom. The van der Waals surface area contributed by atoms with Gasteiger partial charge in [0.25, 0.3) is 0 Å². The summed E-state index contributed by atoms with van der Waals surface area (Å²) >= 11 is 1.86. The Morgan fingerprint density at radius 1 is 0.396 bits per heavy atom. The van der Waals surface area contributed by atoms with Gasteiger partial charge in [-0.2, -0.15) is 0 Å². The third kappa shape index (κ3) is 8.09. The predicted octanol–water partition coefficient (Wildman–Crippen LogP) is 12.6. The molecule has 2 nitrogen and oxygen atoms in total. The molecule has 0 bridgehead atoms. The van der Waals surface area contributed by atoms with E-state index in [0.29, 0.717) is 0 Å². The first-order valence-electron chi connectivity index (χ1n) is 20.1. The SMILES string of the molecule is CCCCCCC1(CCCCCC)c2cc(-c3ccc([N]([AlH2])c4ccccc4)cc3)ccc2-c2ccc(-c3ccc([N]([AlH2])c4ccccc4)cc3)cc21. The number of benzene rings is 6. The number of hydrogen-bond donors (Lipinski definition) is 0. The van der Waals surface area contributed by atoms with Crippen molar-refractivity contribution in [2.75, 3.05) is 7.77 Å². The molecule has 1 aliphatic carbocycles. The van der Waals surface area contributed by atoms with Crippen molar-refractivity contribution >= 4 is 55.8 Å². The molecule has 0 N–H and O–H groups in total. The minimum Gasteiger partial charge on any atom is -0.441 e. The molecule has 0 saturated heterocycles. The van der Waals surface area contributed by atoms with E-state index in [4.69, 9.17) is 0 Å².